The number of phenols is 2. The van der Waals surface area contributed by atoms with Gasteiger partial charge in [-0.05, 0) is 37.0 Å². The zero-order valence-electron chi connectivity index (χ0n) is 13.1. The van der Waals surface area contributed by atoms with Gasteiger partial charge >= 0.3 is 5.97 Å². The number of ether oxygens (including phenoxy) is 1. The monoisotopic (exact) mass is 294 g/mol. The van der Waals surface area contributed by atoms with Crippen LogP contribution in [0.3, 0.4) is 0 Å². The van der Waals surface area contributed by atoms with Gasteiger partial charge < -0.3 is 14.9 Å². The SMILES string of the molecule is CCCCC(CC)COC(=O)C(C)c1ccc(O)c(O)c1. The van der Waals surface area contributed by atoms with Crippen LogP contribution in [0.25, 0.3) is 0 Å². The fourth-order valence-electron chi connectivity index (χ4n) is 2.17. The van der Waals surface area contributed by atoms with Crippen LogP contribution in [-0.4, -0.2) is 22.8 Å². The Balaban J connectivity index is 2.55. The fraction of sp³-hybridized carbons (Fsp3) is 0.588. The lowest BCUT2D eigenvalue weighted by Crippen LogP contribution is -2.18. The smallest absolute Gasteiger partial charge is 0.313 e. The molecule has 0 radical (unpaired) electrons. The summed E-state index contributed by atoms with van der Waals surface area (Å²) in [5, 5.41) is 18.8. The Hall–Kier alpha value is -1.71. The first kappa shape index (κ1) is 17.3. The van der Waals surface area contributed by atoms with Gasteiger partial charge in [-0.3, -0.25) is 4.79 Å². The Morgan fingerprint density at radius 2 is 1.95 bits per heavy atom. The highest BCUT2D eigenvalue weighted by molar-refractivity contribution is 5.78. The van der Waals surface area contributed by atoms with Crippen LogP contribution in [0.2, 0.25) is 0 Å². The van der Waals surface area contributed by atoms with Crippen molar-refractivity contribution < 1.29 is 19.7 Å². The van der Waals surface area contributed by atoms with E-state index in [2.05, 4.69) is 13.8 Å². The van der Waals surface area contributed by atoms with E-state index < -0.39 is 5.92 Å². The van der Waals surface area contributed by atoms with E-state index in [9.17, 15) is 15.0 Å². The van der Waals surface area contributed by atoms with Crippen LogP contribution in [0, 0.1) is 5.92 Å². The molecular weight excluding hydrogens is 268 g/mol. The van der Waals surface area contributed by atoms with Crippen LogP contribution >= 0.6 is 0 Å². The van der Waals surface area contributed by atoms with Crippen molar-refractivity contribution in [2.75, 3.05) is 6.61 Å². The molecule has 118 valence electrons. The molecule has 0 saturated heterocycles. The van der Waals surface area contributed by atoms with E-state index in [1.54, 1.807) is 13.0 Å². The zero-order chi connectivity index (χ0) is 15.8. The first-order chi connectivity index (χ1) is 9.99. The predicted octanol–water partition coefficient (Wildman–Crippen LogP) is 3.96. The summed E-state index contributed by atoms with van der Waals surface area (Å²) >= 11 is 0. The van der Waals surface area contributed by atoms with Gasteiger partial charge in [-0.1, -0.05) is 39.2 Å². The van der Waals surface area contributed by atoms with Gasteiger partial charge in [-0.15, -0.1) is 0 Å². The lowest BCUT2D eigenvalue weighted by molar-refractivity contribution is -0.146. The number of carbonyl (C=O) groups excluding carboxylic acids is 1. The molecule has 21 heavy (non-hydrogen) atoms. The minimum atomic E-state index is -0.458. The molecule has 0 aliphatic heterocycles. The number of hydrogen-bond donors (Lipinski definition) is 2. The number of benzene rings is 1. The average molecular weight is 294 g/mol. The Morgan fingerprint density at radius 3 is 2.52 bits per heavy atom. The van der Waals surface area contributed by atoms with Crippen molar-refractivity contribution in [2.45, 2.75) is 52.4 Å². The third-order valence-corrected chi connectivity index (χ3v) is 3.86. The van der Waals surface area contributed by atoms with E-state index in [4.69, 9.17) is 4.74 Å². The third kappa shape index (κ3) is 5.29. The Morgan fingerprint density at radius 1 is 1.24 bits per heavy atom. The molecule has 0 amide bonds. The van der Waals surface area contributed by atoms with E-state index >= 15 is 0 Å². The molecule has 0 fully saturated rings. The molecule has 4 heteroatoms. The number of phenolic OH excluding ortho intramolecular Hbond substituents is 2. The molecule has 0 aliphatic rings. The Labute approximate surface area is 126 Å². The maximum atomic E-state index is 12.1. The van der Waals surface area contributed by atoms with Gasteiger partial charge in [-0.25, -0.2) is 0 Å². The molecule has 0 saturated carbocycles. The lowest BCUT2D eigenvalue weighted by Gasteiger charge is -2.17. The standard InChI is InChI=1S/C17H26O4/c1-4-6-7-13(5-2)11-21-17(20)12(3)14-8-9-15(18)16(19)10-14/h8-10,12-13,18-19H,4-7,11H2,1-3H3. The maximum Gasteiger partial charge on any atom is 0.313 e. The summed E-state index contributed by atoms with van der Waals surface area (Å²) in [6.45, 7) is 6.44. The quantitative estimate of drug-likeness (QED) is 0.562. The molecule has 0 aromatic heterocycles. The van der Waals surface area contributed by atoms with Gasteiger partial charge in [0.05, 0.1) is 12.5 Å². The van der Waals surface area contributed by atoms with Gasteiger partial charge in [0.15, 0.2) is 11.5 Å². The van der Waals surface area contributed by atoms with Crippen molar-refractivity contribution in [3.63, 3.8) is 0 Å². The Kier molecular flexibility index (Phi) is 7.06. The number of unbranched alkanes of at least 4 members (excludes halogenated alkanes) is 1. The molecule has 2 atom stereocenters. The Bertz CT molecular complexity index is 456. The van der Waals surface area contributed by atoms with Crippen LogP contribution in [0.1, 0.15) is 57.9 Å². The van der Waals surface area contributed by atoms with Crippen LogP contribution < -0.4 is 0 Å². The molecule has 0 bridgehead atoms. The molecule has 2 N–H and O–H groups in total. The first-order valence-electron chi connectivity index (χ1n) is 7.68. The van der Waals surface area contributed by atoms with Crippen molar-refractivity contribution in [3.8, 4) is 11.5 Å². The minimum Gasteiger partial charge on any atom is -0.504 e. The predicted molar refractivity (Wildman–Crippen MR) is 82.5 cm³/mol. The largest absolute Gasteiger partial charge is 0.504 e. The van der Waals surface area contributed by atoms with Gasteiger partial charge in [0, 0.05) is 0 Å². The van der Waals surface area contributed by atoms with Crippen LogP contribution in [-0.2, 0) is 9.53 Å². The van der Waals surface area contributed by atoms with Gasteiger partial charge in [-0.2, -0.15) is 0 Å². The normalized spacial score (nSPS) is 13.7. The summed E-state index contributed by atoms with van der Waals surface area (Å²) in [5.41, 5.74) is 0.636. The molecule has 1 aromatic rings. The number of hydrogen-bond acceptors (Lipinski definition) is 4. The summed E-state index contributed by atoms with van der Waals surface area (Å²) in [5.74, 6) is -0.754. The lowest BCUT2D eigenvalue weighted by atomic mass is 9.99. The highest BCUT2D eigenvalue weighted by Crippen LogP contribution is 2.29. The number of rotatable bonds is 8. The van der Waals surface area contributed by atoms with Crippen LogP contribution in [0.5, 0.6) is 11.5 Å². The number of esters is 1. The summed E-state index contributed by atoms with van der Waals surface area (Å²) < 4.78 is 5.40. The van der Waals surface area contributed by atoms with E-state index in [0.29, 0.717) is 18.1 Å². The highest BCUT2D eigenvalue weighted by Gasteiger charge is 2.19. The molecule has 2 unspecified atom stereocenters. The third-order valence-electron chi connectivity index (χ3n) is 3.86. The topological polar surface area (TPSA) is 66.8 Å². The number of carbonyl (C=O) groups is 1. The van der Waals surface area contributed by atoms with Gasteiger partial charge in [0.1, 0.15) is 0 Å². The molecule has 4 nitrogen and oxygen atoms in total. The molecule has 1 aromatic carbocycles. The summed E-state index contributed by atoms with van der Waals surface area (Å²) in [6, 6.07) is 4.40. The summed E-state index contributed by atoms with van der Waals surface area (Å²) in [6.07, 6.45) is 4.38. The maximum absolute atomic E-state index is 12.1. The molecule has 0 spiro atoms. The first-order valence-corrected chi connectivity index (χ1v) is 7.68. The summed E-state index contributed by atoms with van der Waals surface area (Å²) in [4.78, 5) is 12.1. The number of aromatic hydroxyl groups is 2. The summed E-state index contributed by atoms with van der Waals surface area (Å²) in [7, 11) is 0. The van der Waals surface area contributed by atoms with Crippen molar-refractivity contribution in [1.82, 2.24) is 0 Å². The second-order valence-electron chi connectivity index (χ2n) is 5.52. The zero-order valence-corrected chi connectivity index (χ0v) is 13.1. The van der Waals surface area contributed by atoms with Crippen LogP contribution in [0.4, 0.5) is 0 Å². The van der Waals surface area contributed by atoms with E-state index in [1.165, 1.54) is 12.1 Å². The second-order valence-corrected chi connectivity index (χ2v) is 5.52. The van der Waals surface area contributed by atoms with Crippen molar-refractivity contribution in [1.29, 1.82) is 0 Å². The minimum absolute atomic E-state index is 0.190. The van der Waals surface area contributed by atoms with E-state index in [-0.39, 0.29) is 17.5 Å². The van der Waals surface area contributed by atoms with Crippen molar-refractivity contribution in [2.24, 2.45) is 5.92 Å². The molecule has 0 aliphatic carbocycles. The van der Waals surface area contributed by atoms with Crippen LogP contribution in [0.15, 0.2) is 18.2 Å². The fourth-order valence-corrected chi connectivity index (χ4v) is 2.17. The van der Waals surface area contributed by atoms with E-state index in [1.807, 2.05) is 0 Å². The van der Waals surface area contributed by atoms with Gasteiger partial charge in [0.2, 0.25) is 0 Å². The average Bonchev–Trinajstić information content (AvgIpc) is 2.49. The molecular formula is C17H26O4. The highest BCUT2D eigenvalue weighted by atomic mass is 16.5. The van der Waals surface area contributed by atoms with Gasteiger partial charge in [0.25, 0.3) is 0 Å². The molecule has 1 rings (SSSR count). The second kappa shape index (κ2) is 8.55. The van der Waals surface area contributed by atoms with Crippen molar-refractivity contribution in [3.05, 3.63) is 23.8 Å². The van der Waals surface area contributed by atoms with E-state index in [0.717, 1.165) is 25.7 Å². The van der Waals surface area contributed by atoms with Crippen molar-refractivity contribution >= 4 is 5.97 Å². The molecule has 0 heterocycles.